The fourth-order valence-electron chi connectivity index (χ4n) is 2.24. The lowest BCUT2D eigenvalue weighted by Crippen LogP contribution is -2.56. The third kappa shape index (κ3) is 3.65. The van der Waals surface area contributed by atoms with Crippen LogP contribution in [0, 0.1) is 5.92 Å². The molecule has 1 amide bonds. The lowest BCUT2D eigenvalue weighted by atomic mass is 10.1. The van der Waals surface area contributed by atoms with Crippen molar-refractivity contribution < 1.29 is 13.2 Å². The predicted molar refractivity (Wildman–Crippen MR) is 64.4 cm³/mol. The molecule has 2 aliphatic heterocycles. The van der Waals surface area contributed by atoms with Crippen LogP contribution in [0.5, 0.6) is 0 Å². The highest BCUT2D eigenvalue weighted by Crippen LogP contribution is 2.17. The maximum absolute atomic E-state index is 11.8. The topological polar surface area (TPSA) is 87.3 Å². The standard InChI is InChI=1S/C10H19N3O3S/c14-10(9-6-11-2-3-12-9)13-5-8-1-4-17(15,16)7-8/h8-9,11-12H,1-7H2,(H,13,14). The summed E-state index contributed by atoms with van der Waals surface area (Å²) >= 11 is 0. The molecule has 3 N–H and O–H groups in total. The minimum absolute atomic E-state index is 0.0403. The summed E-state index contributed by atoms with van der Waals surface area (Å²) in [5, 5.41) is 9.08. The van der Waals surface area contributed by atoms with Gasteiger partial charge in [-0.3, -0.25) is 4.79 Å². The van der Waals surface area contributed by atoms with Gasteiger partial charge in [-0.05, 0) is 12.3 Å². The van der Waals surface area contributed by atoms with Crippen LogP contribution in [0.4, 0.5) is 0 Å². The SMILES string of the molecule is O=C(NCC1CCS(=O)(=O)C1)C1CNCCN1. The second-order valence-corrected chi connectivity index (χ2v) is 6.95. The van der Waals surface area contributed by atoms with Gasteiger partial charge in [-0.15, -0.1) is 0 Å². The predicted octanol–water partition coefficient (Wildman–Crippen LogP) is -1.90. The van der Waals surface area contributed by atoms with Crippen molar-refractivity contribution in [2.24, 2.45) is 5.92 Å². The molecule has 2 heterocycles. The van der Waals surface area contributed by atoms with E-state index < -0.39 is 9.84 Å². The van der Waals surface area contributed by atoms with Gasteiger partial charge >= 0.3 is 0 Å². The van der Waals surface area contributed by atoms with Crippen molar-refractivity contribution in [3.05, 3.63) is 0 Å². The zero-order valence-corrected chi connectivity index (χ0v) is 10.6. The van der Waals surface area contributed by atoms with Crippen LogP contribution < -0.4 is 16.0 Å². The Morgan fingerprint density at radius 1 is 1.35 bits per heavy atom. The third-order valence-electron chi connectivity index (χ3n) is 3.25. The Morgan fingerprint density at radius 2 is 2.18 bits per heavy atom. The van der Waals surface area contributed by atoms with Gasteiger partial charge in [0.2, 0.25) is 5.91 Å². The Balaban J connectivity index is 1.73. The summed E-state index contributed by atoms with van der Waals surface area (Å²) in [6, 6.07) is -0.193. The van der Waals surface area contributed by atoms with Crippen LogP contribution >= 0.6 is 0 Å². The molecule has 2 aliphatic rings. The lowest BCUT2D eigenvalue weighted by Gasteiger charge is -2.24. The van der Waals surface area contributed by atoms with Crippen molar-refractivity contribution in [2.45, 2.75) is 12.5 Å². The van der Waals surface area contributed by atoms with E-state index in [2.05, 4.69) is 16.0 Å². The van der Waals surface area contributed by atoms with Crippen LogP contribution in [0.15, 0.2) is 0 Å². The van der Waals surface area contributed by atoms with E-state index in [-0.39, 0.29) is 29.4 Å². The van der Waals surface area contributed by atoms with E-state index in [9.17, 15) is 13.2 Å². The van der Waals surface area contributed by atoms with Crippen LogP contribution in [-0.2, 0) is 14.6 Å². The Bertz CT molecular complexity index is 376. The zero-order chi connectivity index (χ0) is 12.3. The maximum atomic E-state index is 11.8. The molecule has 0 aromatic heterocycles. The van der Waals surface area contributed by atoms with Crippen molar-refractivity contribution >= 4 is 15.7 Å². The van der Waals surface area contributed by atoms with Crippen molar-refractivity contribution in [1.82, 2.24) is 16.0 Å². The van der Waals surface area contributed by atoms with E-state index in [0.717, 1.165) is 13.1 Å². The molecule has 2 fully saturated rings. The quantitative estimate of drug-likeness (QED) is 0.552. The molecule has 0 bridgehead atoms. The Labute approximate surface area is 101 Å². The number of carbonyl (C=O) groups excluding carboxylic acids is 1. The van der Waals surface area contributed by atoms with Gasteiger partial charge in [0.05, 0.1) is 17.5 Å². The summed E-state index contributed by atoms with van der Waals surface area (Å²) in [5.41, 5.74) is 0. The van der Waals surface area contributed by atoms with E-state index >= 15 is 0 Å². The second-order valence-electron chi connectivity index (χ2n) is 4.73. The van der Waals surface area contributed by atoms with Gasteiger partial charge < -0.3 is 16.0 Å². The van der Waals surface area contributed by atoms with E-state index in [1.54, 1.807) is 0 Å². The number of nitrogens with one attached hydrogen (secondary N) is 3. The first-order valence-electron chi connectivity index (χ1n) is 5.99. The zero-order valence-electron chi connectivity index (χ0n) is 9.74. The molecule has 0 saturated carbocycles. The van der Waals surface area contributed by atoms with Crippen molar-refractivity contribution in [2.75, 3.05) is 37.7 Å². The van der Waals surface area contributed by atoms with E-state index in [1.165, 1.54) is 0 Å². The van der Waals surface area contributed by atoms with Crippen LogP contribution in [0.2, 0.25) is 0 Å². The summed E-state index contributed by atoms with van der Waals surface area (Å²) < 4.78 is 22.5. The van der Waals surface area contributed by atoms with Crippen molar-refractivity contribution in [3.63, 3.8) is 0 Å². The molecule has 0 aliphatic carbocycles. The summed E-state index contributed by atoms with van der Waals surface area (Å²) in [7, 11) is -2.85. The summed E-state index contributed by atoms with van der Waals surface area (Å²) in [6.45, 7) is 2.77. The number of hydrogen-bond donors (Lipinski definition) is 3. The first-order valence-corrected chi connectivity index (χ1v) is 7.81. The largest absolute Gasteiger partial charge is 0.354 e. The number of piperazine rings is 1. The highest BCUT2D eigenvalue weighted by molar-refractivity contribution is 7.91. The molecule has 2 unspecified atom stereocenters. The van der Waals surface area contributed by atoms with E-state index in [0.29, 0.717) is 19.5 Å². The van der Waals surface area contributed by atoms with Crippen LogP contribution in [0.25, 0.3) is 0 Å². The van der Waals surface area contributed by atoms with Crippen molar-refractivity contribution in [1.29, 1.82) is 0 Å². The van der Waals surface area contributed by atoms with Gasteiger partial charge in [-0.25, -0.2) is 8.42 Å². The molecule has 2 atom stereocenters. The normalized spacial score (nSPS) is 32.2. The molecule has 2 rings (SSSR count). The van der Waals surface area contributed by atoms with Crippen LogP contribution in [0.3, 0.4) is 0 Å². The molecule has 0 aromatic rings. The van der Waals surface area contributed by atoms with Gasteiger partial charge in [0.25, 0.3) is 0 Å². The Kier molecular flexibility index (Phi) is 4.01. The van der Waals surface area contributed by atoms with E-state index in [1.807, 2.05) is 0 Å². The molecular formula is C10H19N3O3S. The average molecular weight is 261 g/mol. The molecule has 7 heteroatoms. The fraction of sp³-hybridized carbons (Fsp3) is 0.900. The molecular weight excluding hydrogens is 242 g/mol. The second kappa shape index (κ2) is 5.32. The highest BCUT2D eigenvalue weighted by atomic mass is 32.2. The molecule has 6 nitrogen and oxygen atoms in total. The molecule has 98 valence electrons. The summed E-state index contributed by atoms with van der Waals surface area (Å²) in [5.74, 6) is 0.516. The Morgan fingerprint density at radius 3 is 2.76 bits per heavy atom. The van der Waals surface area contributed by atoms with Crippen LogP contribution in [-0.4, -0.2) is 58.1 Å². The number of amides is 1. The maximum Gasteiger partial charge on any atom is 0.238 e. The first-order chi connectivity index (χ1) is 8.07. The number of carbonyl (C=O) groups is 1. The van der Waals surface area contributed by atoms with Gasteiger partial charge in [0, 0.05) is 26.2 Å². The van der Waals surface area contributed by atoms with Gasteiger partial charge in [-0.1, -0.05) is 0 Å². The molecule has 17 heavy (non-hydrogen) atoms. The minimum atomic E-state index is -2.85. The van der Waals surface area contributed by atoms with Gasteiger partial charge in [0.1, 0.15) is 0 Å². The van der Waals surface area contributed by atoms with Gasteiger partial charge in [-0.2, -0.15) is 0 Å². The molecule has 0 spiro atoms. The summed E-state index contributed by atoms with van der Waals surface area (Å²) in [6.07, 6.45) is 0.666. The Hall–Kier alpha value is -0.660. The molecule has 0 radical (unpaired) electrons. The summed E-state index contributed by atoms with van der Waals surface area (Å²) in [4.78, 5) is 11.8. The average Bonchev–Trinajstić information content (AvgIpc) is 2.67. The fourth-order valence-corrected chi connectivity index (χ4v) is 4.10. The van der Waals surface area contributed by atoms with Gasteiger partial charge in [0.15, 0.2) is 9.84 Å². The first kappa shape index (κ1) is 12.8. The lowest BCUT2D eigenvalue weighted by molar-refractivity contribution is -0.123. The number of sulfone groups is 1. The van der Waals surface area contributed by atoms with Crippen LogP contribution in [0.1, 0.15) is 6.42 Å². The minimum Gasteiger partial charge on any atom is -0.354 e. The van der Waals surface area contributed by atoms with Crippen molar-refractivity contribution in [3.8, 4) is 0 Å². The highest BCUT2D eigenvalue weighted by Gasteiger charge is 2.29. The number of rotatable bonds is 3. The third-order valence-corrected chi connectivity index (χ3v) is 5.09. The number of hydrogen-bond acceptors (Lipinski definition) is 5. The monoisotopic (exact) mass is 261 g/mol. The van der Waals surface area contributed by atoms with E-state index in [4.69, 9.17) is 0 Å². The molecule has 0 aromatic carbocycles. The molecule has 2 saturated heterocycles. The smallest absolute Gasteiger partial charge is 0.238 e.